The van der Waals surface area contributed by atoms with Crippen LogP contribution in [0.5, 0.6) is 0 Å². The van der Waals surface area contributed by atoms with Crippen LogP contribution in [0.15, 0.2) is 39.0 Å². The van der Waals surface area contributed by atoms with Crippen LogP contribution in [0, 0.1) is 11.3 Å². The first-order valence-corrected chi connectivity index (χ1v) is 11.3. The molecule has 1 N–H and O–H groups in total. The molecular formula is C23H23BrN6O3. The Labute approximate surface area is 200 Å². The van der Waals surface area contributed by atoms with Crippen molar-refractivity contribution in [3.8, 4) is 6.07 Å². The molecular weight excluding hydrogens is 488 g/mol. The number of azo groups is 1. The van der Waals surface area contributed by atoms with E-state index in [1.165, 1.54) is 13.0 Å². The first-order chi connectivity index (χ1) is 15.8. The number of carbonyl (C=O) groups excluding carboxylic acids is 3. The maximum Gasteiger partial charge on any atom is 0.262 e. The van der Waals surface area contributed by atoms with Gasteiger partial charge in [0.2, 0.25) is 5.91 Å². The second-order valence-corrected chi connectivity index (χ2v) is 8.02. The average molecular weight is 511 g/mol. The highest BCUT2D eigenvalue weighted by Gasteiger charge is 2.38. The molecule has 3 amide bonds. The zero-order valence-electron chi connectivity index (χ0n) is 18.8. The third-order valence-electron chi connectivity index (χ3n) is 5.29. The molecule has 1 heterocycles. The van der Waals surface area contributed by atoms with Crippen LogP contribution in [0.3, 0.4) is 0 Å². The van der Waals surface area contributed by atoms with Crippen LogP contribution in [0.2, 0.25) is 0 Å². The number of hydrogen-bond acceptors (Lipinski definition) is 7. The third kappa shape index (κ3) is 4.50. The van der Waals surface area contributed by atoms with Gasteiger partial charge in [0, 0.05) is 32.2 Å². The molecule has 10 heteroatoms. The highest BCUT2D eigenvalue weighted by atomic mass is 79.9. The summed E-state index contributed by atoms with van der Waals surface area (Å²) in [5.74, 6) is -1.16. The number of fused-ring (bicyclic) bond motifs is 1. The second-order valence-electron chi connectivity index (χ2n) is 7.23. The summed E-state index contributed by atoms with van der Waals surface area (Å²) in [5.41, 5.74) is 2.33. The van der Waals surface area contributed by atoms with Crippen molar-refractivity contribution in [1.82, 2.24) is 4.90 Å². The summed E-state index contributed by atoms with van der Waals surface area (Å²) in [6.45, 7) is 8.99. The highest BCUT2D eigenvalue weighted by molar-refractivity contribution is 9.10. The molecule has 0 spiro atoms. The molecule has 2 aromatic rings. The Hall–Kier alpha value is -3.58. The maximum absolute atomic E-state index is 12.7. The lowest BCUT2D eigenvalue weighted by atomic mass is 10.0. The molecule has 2 aromatic carbocycles. The van der Waals surface area contributed by atoms with E-state index in [2.05, 4.69) is 36.4 Å². The molecule has 1 aliphatic heterocycles. The Kier molecular flexibility index (Phi) is 7.23. The van der Waals surface area contributed by atoms with Crippen LogP contribution in [-0.4, -0.2) is 42.3 Å². The molecule has 1 aliphatic rings. The largest absolute Gasteiger partial charge is 0.372 e. The van der Waals surface area contributed by atoms with Gasteiger partial charge in [-0.25, -0.2) is 0 Å². The quantitative estimate of drug-likeness (QED) is 0.407. The zero-order chi connectivity index (χ0) is 24.3. The van der Waals surface area contributed by atoms with Gasteiger partial charge in [0.25, 0.3) is 11.8 Å². The van der Waals surface area contributed by atoms with Gasteiger partial charge in [-0.05, 0) is 61.0 Å². The van der Waals surface area contributed by atoms with Gasteiger partial charge in [0.05, 0.1) is 26.9 Å². The number of nitrogens with zero attached hydrogens (tertiary/aromatic N) is 5. The van der Waals surface area contributed by atoms with Crippen LogP contribution in [0.1, 0.15) is 54.0 Å². The van der Waals surface area contributed by atoms with E-state index in [1.807, 2.05) is 32.0 Å². The normalized spacial score (nSPS) is 12.8. The predicted molar refractivity (Wildman–Crippen MR) is 128 cm³/mol. The minimum atomic E-state index is -0.451. The van der Waals surface area contributed by atoms with Crippen molar-refractivity contribution in [1.29, 1.82) is 5.26 Å². The fraction of sp³-hybridized carbons (Fsp3) is 0.304. The Balaban J connectivity index is 2.10. The summed E-state index contributed by atoms with van der Waals surface area (Å²) in [6.07, 6.45) is 0. The number of nitriles is 1. The summed E-state index contributed by atoms with van der Waals surface area (Å²) in [7, 11) is 0. The fourth-order valence-corrected chi connectivity index (χ4v) is 4.33. The van der Waals surface area contributed by atoms with Gasteiger partial charge >= 0.3 is 0 Å². The molecule has 0 fully saturated rings. The van der Waals surface area contributed by atoms with Crippen molar-refractivity contribution in [2.45, 2.75) is 27.7 Å². The molecule has 0 bridgehead atoms. The van der Waals surface area contributed by atoms with Gasteiger partial charge in [0.15, 0.2) is 0 Å². The lowest BCUT2D eigenvalue weighted by molar-refractivity contribution is -0.114. The lowest BCUT2D eigenvalue weighted by Crippen LogP contribution is -2.29. The van der Waals surface area contributed by atoms with Crippen molar-refractivity contribution in [2.75, 3.05) is 29.9 Å². The van der Waals surface area contributed by atoms with Crippen molar-refractivity contribution < 1.29 is 14.4 Å². The van der Waals surface area contributed by atoms with E-state index in [0.717, 1.165) is 23.7 Å². The van der Waals surface area contributed by atoms with Gasteiger partial charge in [-0.2, -0.15) is 5.26 Å². The van der Waals surface area contributed by atoms with Gasteiger partial charge in [-0.15, -0.1) is 10.2 Å². The maximum atomic E-state index is 12.7. The third-order valence-corrected chi connectivity index (χ3v) is 6.06. The standard InChI is InChI=1S/C23H23BrN6O3/c1-5-29(6-2)15-8-9-17(18(11-15)26-13(4)31)27-28-21-14(12-25)10-16-19(20(21)24)23(33)30(7-3)22(16)32/h8-11H,5-7H2,1-4H3,(H,26,31). The number of anilines is 2. The summed E-state index contributed by atoms with van der Waals surface area (Å²) < 4.78 is 0.232. The van der Waals surface area contributed by atoms with Gasteiger partial charge in [0.1, 0.15) is 17.4 Å². The molecule has 0 aromatic heterocycles. The number of halogens is 1. The van der Waals surface area contributed by atoms with E-state index < -0.39 is 11.8 Å². The van der Waals surface area contributed by atoms with Crippen LogP contribution in [0.4, 0.5) is 22.7 Å². The second kappa shape index (κ2) is 9.92. The Bertz CT molecular complexity index is 1210. The number of amides is 3. The van der Waals surface area contributed by atoms with E-state index in [9.17, 15) is 19.6 Å². The van der Waals surface area contributed by atoms with Crippen LogP contribution in [0.25, 0.3) is 0 Å². The van der Waals surface area contributed by atoms with Crippen LogP contribution < -0.4 is 10.2 Å². The molecule has 170 valence electrons. The van der Waals surface area contributed by atoms with Gasteiger partial charge in [-0.3, -0.25) is 19.3 Å². The first kappa shape index (κ1) is 24.1. The zero-order valence-corrected chi connectivity index (χ0v) is 20.4. The van der Waals surface area contributed by atoms with Crippen LogP contribution >= 0.6 is 15.9 Å². The number of carbonyl (C=O) groups is 3. The molecule has 0 radical (unpaired) electrons. The summed E-state index contributed by atoms with van der Waals surface area (Å²) in [6, 6.07) is 8.79. The smallest absolute Gasteiger partial charge is 0.262 e. The number of benzene rings is 2. The van der Waals surface area contributed by atoms with Crippen molar-refractivity contribution in [3.05, 3.63) is 45.4 Å². The Morgan fingerprint density at radius 3 is 2.42 bits per heavy atom. The predicted octanol–water partition coefficient (Wildman–Crippen LogP) is 5.16. The number of imide groups is 1. The Morgan fingerprint density at radius 1 is 1.15 bits per heavy atom. The summed E-state index contributed by atoms with van der Waals surface area (Å²) in [4.78, 5) is 40.2. The van der Waals surface area contributed by atoms with E-state index in [1.54, 1.807) is 13.0 Å². The highest BCUT2D eigenvalue weighted by Crippen LogP contribution is 2.40. The minimum Gasteiger partial charge on any atom is -0.372 e. The van der Waals surface area contributed by atoms with E-state index in [-0.39, 0.29) is 39.3 Å². The van der Waals surface area contributed by atoms with E-state index in [0.29, 0.717) is 11.4 Å². The van der Waals surface area contributed by atoms with Crippen molar-refractivity contribution >= 4 is 56.4 Å². The van der Waals surface area contributed by atoms with Gasteiger partial charge < -0.3 is 10.2 Å². The van der Waals surface area contributed by atoms with Gasteiger partial charge in [-0.1, -0.05) is 0 Å². The number of rotatable bonds is 7. The monoisotopic (exact) mass is 510 g/mol. The molecule has 0 saturated heterocycles. The molecule has 3 rings (SSSR count). The summed E-state index contributed by atoms with van der Waals surface area (Å²) in [5, 5.41) is 20.9. The van der Waals surface area contributed by atoms with Crippen LogP contribution in [-0.2, 0) is 4.79 Å². The number of hydrogen-bond donors (Lipinski definition) is 1. The average Bonchev–Trinajstić information content (AvgIpc) is 3.03. The topological polar surface area (TPSA) is 118 Å². The molecule has 9 nitrogen and oxygen atoms in total. The van der Waals surface area contributed by atoms with Crippen molar-refractivity contribution in [3.63, 3.8) is 0 Å². The minimum absolute atomic E-state index is 0.101. The Morgan fingerprint density at radius 2 is 1.85 bits per heavy atom. The molecule has 0 unspecified atom stereocenters. The van der Waals surface area contributed by atoms with E-state index in [4.69, 9.17) is 0 Å². The lowest BCUT2D eigenvalue weighted by Gasteiger charge is -2.22. The fourth-order valence-electron chi connectivity index (χ4n) is 3.65. The number of nitrogens with one attached hydrogen (secondary N) is 1. The first-order valence-electron chi connectivity index (χ1n) is 10.5. The molecule has 0 aliphatic carbocycles. The van der Waals surface area contributed by atoms with E-state index >= 15 is 0 Å². The SMILES string of the molecule is CCN1C(=O)c2cc(C#N)c(N=Nc3ccc(N(CC)CC)cc3NC(C)=O)c(Br)c2C1=O. The molecule has 0 saturated carbocycles. The van der Waals surface area contributed by atoms with Crippen molar-refractivity contribution in [2.24, 2.45) is 10.2 Å². The molecule has 0 atom stereocenters. The summed E-state index contributed by atoms with van der Waals surface area (Å²) >= 11 is 3.35. The molecule has 33 heavy (non-hydrogen) atoms.